The number of carbonyl (C=O) groups excluding carboxylic acids is 2. The van der Waals surface area contributed by atoms with Crippen molar-refractivity contribution in [3.05, 3.63) is 23.8 Å². The molecule has 0 aromatic carbocycles. The highest BCUT2D eigenvalue weighted by molar-refractivity contribution is 9.09. The van der Waals surface area contributed by atoms with E-state index in [2.05, 4.69) is 35.9 Å². The molecule has 5 aliphatic rings. The highest BCUT2D eigenvalue weighted by atomic mass is 79.9. The number of rotatable bonds is 4. The fourth-order valence-corrected chi connectivity index (χ4v) is 8.38. The Morgan fingerprint density at radius 3 is 2.82 bits per heavy atom. The molecule has 3 fully saturated rings. The molecule has 1 unspecified atom stereocenters. The summed E-state index contributed by atoms with van der Waals surface area (Å²) in [7, 11) is 1.57. The molecule has 1 N–H and O–H groups in total. The van der Waals surface area contributed by atoms with E-state index in [1.807, 2.05) is 6.08 Å². The second-order valence-corrected chi connectivity index (χ2v) is 11.9. The minimum Gasteiger partial charge on any atom is -0.393 e. The Hall–Kier alpha value is -0.860. The van der Waals surface area contributed by atoms with Crippen molar-refractivity contribution in [3.8, 4) is 0 Å². The number of ketones is 2. The van der Waals surface area contributed by atoms with Gasteiger partial charge >= 0.3 is 0 Å². The van der Waals surface area contributed by atoms with Crippen LogP contribution in [0.2, 0.25) is 0 Å². The lowest BCUT2D eigenvalue weighted by molar-refractivity contribution is -0.425. The Labute approximate surface area is 204 Å². The first-order chi connectivity index (χ1) is 15.6. The van der Waals surface area contributed by atoms with E-state index in [1.54, 1.807) is 13.2 Å². The zero-order valence-corrected chi connectivity index (χ0v) is 21.4. The van der Waals surface area contributed by atoms with Gasteiger partial charge in [-0.15, -0.1) is 0 Å². The van der Waals surface area contributed by atoms with Gasteiger partial charge in [0, 0.05) is 42.0 Å². The molecule has 0 bridgehead atoms. The highest BCUT2D eigenvalue weighted by Crippen LogP contribution is 2.68. The number of carbonyl (C=O) groups is 2. The number of ether oxygens (including phenoxy) is 3. The predicted molar refractivity (Wildman–Crippen MR) is 126 cm³/mol. The third kappa shape index (κ3) is 3.25. The summed E-state index contributed by atoms with van der Waals surface area (Å²) in [5.74, 6) is -0.647. The van der Waals surface area contributed by atoms with Gasteiger partial charge in [-0.1, -0.05) is 47.5 Å². The molecule has 0 amide bonds. The maximum atomic E-state index is 13.5. The quantitative estimate of drug-likeness (QED) is 0.442. The van der Waals surface area contributed by atoms with Gasteiger partial charge in [0.15, 0.2) is 11.6 Å². The van der Waals surface area contributed by atoms with E-state index in [0.717, 1.165) is 30.2 Å². The van der Waals surface area contributed by atoms with Crippen molar-refractivity contribution in [3.63, 3.8) is 0 Å². The van der Waals surface area contributed by atoms with E-state index >= 15 is 0 Å². The fourth-order valence-electron chi connectivity index (χ4n) is 8.10. The number of aliphatic hydroxyl groups is 1. The van der Waals surface area contributed by atoms with Crippen molar-refractivity contribution < 1.29 is 28.9 Å². The van der Waals surface area contributed by atoms with Gasteiger partial charge in [0.2, 0.25) is 0 Å². The summed E-state index contributed by atoms with van der Waals surface area (Å²) in [5, 5.41) is 12.4. The van der Waals surface area contributed by atoms with Crippen LogP contribution in [-0.2, 0) is 23.8 Å². The van der Waals surface area contributed by atoms with E-state index in [1.165, 1.54) is 0 Å². The molecular formula is C26H35BrO6. The van der Waals surface area contributed by atoms with Gasteiger partial charge < -0.3 is 19.3 Å². The lowest BCUT2D eigenvalue weighted by Gasteiger charge is -2.60. The molecule has 4 aliphatic carbocycles. The Kier molecular flexibility index (Phi) is 5.85. The van der Waals surface area contributed by atoms with Crippen molar-refractivity contribution in [1.82, 2.24) is 0 Å². The van der Waals surface area contributed by atoms with Crippen LogP contribution in [0.15, 0.2) is 23.8 Å². The minimum atomic E-state index is -1.24. The average molecular weight is 523 g/mol. The smallest absolute Gasteiger partial charge is 0.284 e. The maximum absolute atomic E-state index is 13.5. The third-order valence-electron chi connectivity index (χ3n) is 9.71. The third-order valence-corrected chi connectivity index (χ3v) is 10.3. The Morgan fingerprint density at radius 2 is 2.09 bits per heavy atom. The van der Waals surface area contributed by atoms with E-state index < -0.39 is 23.1 Å². The van der Waals surface area contributed by atoms with Crippen LogP contribution in [0.5, 0.6) is 0 Å². The van der Waals surface area contributed by atoms with Crippen LogP contribution in [0.4, 0.5) is 0 Å². The monoisotopic (exact) mass is 522 g/mol. The molecule has 6 nitrogen and oxygen atoms in total. The fraction of sp³-hybridized carbons (Fsp3) is 0.769. The largest absolute Gasteiger partial charge is 0.393 e. The molecule has 1 spiro atoms. The minimum absolute atomic E-state index is 0.0325. The van der Waals surface area contributed by atoms with Gasteiger partial charge in [-0.05, 0) is 50.0 Å². The van der Waals surface area contributed by atoms with E-state index in [-0.39, 0.29) is 41.3 Å². The van der Waals surface area contributed by atoms with Gasteiger partial charge in [0.05, 0.1) is 6.10 Å². The van der Waals surface area contributed by atoms with Crippen LogP contribution in [0.25, 0.3) is 0 Å². The van der Waals surface area contributed by atoms with Crippen molar-refractivity contribution in [2.45, 2.75) is 76.5 Å². The van der Waals surface area contributed by atoms with E-state index in [4.69, 9.17) is 14.2 Å². The van der Waals surface area contributed by atoms with E-state index in [0.29, 0.717) is 25.7 Å². The number of allylic oxidation sites excluding steroid dienone is 4. The second-order valence-electron chi connectivity index (χ2n) is 11.1. The van der Waals surface area contributed by atoms with Crippen LogP contribution < -0.4 is 0 Å². The average Bonchev–Trinajstić information content (AvgIpc) is 3.07. The number of hydrogen-bond acceptors (Lipinski definition) is 6. The number of fused-ring (bicyclic) bond motifs is 6. The molecule has 8 atom stereocenters. The van der Waals surface area contributed by atoms with Crippen molar-refractivity contribution in [1.29, 1.82) is 0 Å². The number of alkyl halides is 1. The van der Waals surface area contributed by atoms with Crippen LogP contribution in [0, 0.1) is 28.6 Å². The zero-order valence-electron chi connectivity index (χ0n) is 19.8. The predicted octanol–water partition coefficient (Wildman–Crippen LogP) is 4.10. The van der Waals surface area contributed by atoms with Gasteiger partial charge in [-0.3, -0.25) is 9.59 Å². The summed E-state index contributed by atoms with van der Waals surface area (Å²) in [6.07, 6.45) is 9.93. The molecule has 0 aromatic heterocycles. The summed E-state index contributed by atoms with van der Waals surface area (Å²) in [6.45, 7) is 4.27. The maximum Gasteiger partial charge on any atom is 0.284 e. The Balaban J connectivity index is 1.52. The van der Waals surface area contributed by atoms with Crippen molar-refractivity contribution in [2.24, 2.45) is 28.6 Å². The summed E-state index contributed by atoms with van der Waals surface area (Å²) in [4.78, 5) is 25.6. The molecule has 2 saturated carbocycles. The van der Waals surface area contributed by atoms with Crippen molar-refractivity contribution in [2.75, 3.05) is 19.0 Å². The molecule has 0 radical (unpaired) electrons. The van der Waals surface area contributed by atoms with Gasteiger partial charge in [0.1, 0.15) is 12.2 Å². The molecular weight excluding hydrogens is 488 g/mol. The first kappa shape index (κ1) is 23.9. The summed E-state index contributed by atoms with van der Waals surface area (Å²) in [5.41, 5.74) is -0.714. The lowest BCUT2D eigenvalue weighted by Crippen LogP contribution is -2.67. The number of hydrogen-bond donors (Lipinski definition) is 1. The van der Waals surface area contributed by atoms with Crippen LogP contribution >= 0.6 is 15.9 Å². The van der Waals surface area contributed by atoms with Gasteiger partial charge in [-0.25, -0.2) is 0 Å². The van der Waals surface area contributed by atoms with E-state index in [9.17, 15) is 14.7 Å². The Bertz CT molecular complexity index is 914. The molecule has 1 aliphatic heterocycles. The molecule has 5 rings (SSSR count). The summed E-state index contributed by atoms with van der Waals surface area (Å²) in [6, 6.07) is 0. The normalized spacial score (nSPS) is 48.9. The van der Waals surface area contributed by atoms with Gasteiger partial charge in [0.25, 0.3) is 5.97 Å². The zero-order chi connectivity index (χ0) is 23.6. The van der Waals surface area contributed by atoms with Gasteiger partial charge in [-0.2, -0.15) is 0 Å². The lowest BCUT2D eigenvalue weighted by atomic mass is 9.47. The molecule has 1 heterocycles. The van der Waals surface area contributed by atoms with Crippen LogP contribution in [0.3, 0.4) is 0 Å². The number of halogens is 1. The standard InChI is InChI=1S/C26H35BrO6/c1-23-10-7-17(28)13-16(23)5-6-18-19-8-11-25(24(19,2)14-20(29)22(18)23)21(30)15-32-26(31-3,33-25)9-4-12-27/h5,7,10,18-20,22,29H,4,6,8-9,11-15H2,1-3H3/t18-,19-,20-,22+,23-,24-,25-,26?/m0/s1. The number of methoxy groups -OCH3 is 1. The molecule has 0 aromatic rings. The summed E-state index contributed by atoms with van der Waals surface area (Å²) < 4.78 is 18.2. The highest BCUT2D eigenvalue weighted by Gasteiger charge is 2.71. The first-order valence-corrected chi connectivity index (χ1v) is 13.3. The van der Waals surface area contributed by atoms with Crippen LogP contribution in [-0.4, -0.2) is 53.4 Å². The van der Waals surface area contributed by atoms with Crippen LogP contribution in [0.1, 0.15) is 58.8 Å². The SMILES string of the molecule is COC1(CCCBr)OCC(=O)[C@]2(CC[C@H]3[C@@H]4CC=C5CC(=O)C=C[C@]5(C)[C@H]4[C@@H](O)C[C@@]32C)O1. The van der Waals surface area contributed by atoms with Crippen molar-refractivity contribution >= 4 is 27.5 Å². The molecule has 33 heavy (non-hydrogen) atoms. The molecule has 1 saturated heterocycles. The Morgan fingerprint density at radius 1 is 1.30 bits per heavy atom. The molecule has 182 valence electrons. The molecule has 7 heteroatoms. The first-order valence-electron chi connectivity index (χ1n) is 12.2. The second kappa shape index (κ2) is 8.09. The number of Topliss-reactive ketones (excluding diaryl/α,β-unsaturated/α-hetero) is 1. The number of aliphatic hydroxyl groups excluding tert-OH is 1. The topological polar surface area (TPSA) is 82.1 Å². The summed E-state index contributed by atoms with van der Waals surface area (Å²) >= 11 is 3.47.